The van der Waals surface area contributed by atoms with Gasteiger partial charge in [-0.05, 0) is 12.5 Å². The molecular weight excluding hydrogens is 224 g/mol. The van der Waals surface area contributed by atoms with Crippen LogP contribution in [0.2, 0.25) is 0 Å². The van der Waals surface area contributed by atoms with Gasteiger partial charge in [0, 0.05) is 12.0 Å². The predicted octanol–water partition coefficient (Wildman–Crippen LogP) is 3.83. The maximum Gasteiger partial charge on any atom is 0.419 e. The lowest BCUT2D eigenvalue weighted by Crippen LogP contribution is -2.15. The molecule has 1 nitrogen and oxygen atoms in total. The summed E-state index contributed by atoms with van der Waals surface area (Å²) in [4.78, 5) is 11.4. The molecule has 16 heavy (non-hydrogen) atoms. The first kappa shape index (κ1) is 12.7. The lowest BCUT2D eigenvalue weighted by Gasteiger charge is -2.12. The van der Waals surface area contributed by atoms with E-state index in [2.05, 4.69) is 0 Å². The van der Waals surface area contributed by atoms with Crippen LogP contribution in [0.25, 0.3) is 0 Å². The summed E-state index contributed by atoms with van der Waals surface area (Å²) in [6.45, 7) is 1.67. The lowest BCUT2D eigenvalue weighted by atomic mass is 10.00. The van der Waals surface area contributed by atoms with E-state index in [1.807, 2.05) is 0 Å². The Balaban J connectivity index is 3.29. The van der Waals surface area contributed by atoms with Crippen LogP contribution >= 0.6 is 0 Å². The molecule has 0 saturated carbocycles. The molecule has 0 atom stereocenters. The average molecular weight is 234 g/mol. The molecule has 88 valence electrons. The van der Waals surface area contributed by atoms with Gasteiger partial charge in [-0.25, -0.2) is 4.39 Å². The standard InChI is InChI=1S/C11H10F4O/c1-2-4-9(16)7-5-3-6-8(12)10(7)11(13,14)15/h3,5-6H,2,4H2,1H3. The Kier molecular flexibility index (Phi) is 3.67. The summed E-state index contributed by atoms with van der Waals surface area (Å²) in [5, 5.41) is 0. The van der Waals surface area contributed by atoms with Crippen LogP contribution in [0.4, 0.5) is 17.6 Å². The zero-order chi connectivity index (χ0) is 12.3. The third-order valence-electron chi connectivity index (χ3n) is 2.07. The molecule has 0 unspecified atom stereocenters. The second-order valence-corrected chi connectivity index (χ2v) is 3.33. The Morgan fingerprint density at radius 1 is 1.31 bits per heavy atom. The molecule has 0 aliphatic carbocycles. The molecule has 0 spiro atoms. The van der Waals surface area contributed by atoms with E-state index >= 15 is 0 Å². The molecule has 0 amide bonds. The molecule has 0 aliphatic rings. The number of ketones is 1. The van der Waals surface area contributed by atoms with Gasteiger partial charge < -0.3 is 0 Å². The van der Waals surface area contributed by atoms with Gasteiger partial charge in [0.2, 0.25) is 0 Å². The summed E-state index contributed by atoms with van der Waals surface area (Å²) in [6, 6.07) is 2.81. The van der Waals surface area contributed by atoms with Crippen LogP contribution in [0, 0.1) is 5.82 Å². The van der Waals surface area contributed by atoms with Crippen LogP contribution in [-0.4, -0.2) is 5.78 Å². The predicted molar refractivity (Wildman–Crippen MR) is 50.6 cm³/mol. The van der Waals surface area contributed by atoms with Crippen molar-refractivity contribution in [1.82, 2.24) is 0 Å². The van der Waals surface area contributed by atoms with Gasteiger partial charge >= 0.3 is 6.18 Å². The summed E-state index contributed by atoms with van der Waals surface area (Å²) in [7, 11) is 0. The van der Waals surface area contributed by atoms with Crippen LogP contribution in [0.1, 0.15) is 35.7 Å². The summed E-state index contributed by atoms with van der Waals surface area (Å²) in [5.41, 5.74) is -2.05. The fourth-order valence-corrected chi connectivity index (χ4v) is 1.41. The normalized spacial score (nSPS) is 11.6. The van der Waals surface area contributed by atoms with Gasteiger partial charge in [-0.1, -0.05) is 19.1 Å². The number of hydrogen-bond acceptors (Lipinski definition) is 1. The number of Topliss-reactive ketones (excluding diaryl/α,β-unsaturated/α-hetero) is 1. The molecule has 0 radical (unpaired) electrons. The number of halogens is 4. The van der Waals surface area contributed by atoms with E-state index in [1.54, 1.807) is 6.92 Å². The van der Waals surface area contributed by atoms with E-state index < -0.39 is 28.9 Å². The Morgan fingerprint density at radius 3 is 2.44 bits per heavy atom. The highest BCUT2D eigenvalue weighted by atomic mass is 19.4. The first-order chi connectivity index (χ1) is 7.38. The molecule has 0 bridgehead atoms. The van der Waals surface area contributed by atoms with Crippen molar-refractivity contribution in [1.29, 1.82) is 0 Å². The number of rotatable bonds is 3. The van der Waals surface area contributed by atoms with Gasteiger partial charge in [-0.2, -0.15) is 13.2 Å². The van der Waals surface area contributed by atoms with Crippen LogP contribution in [0.15, 0.2) is 18.2 Å². The number of hydrogen-bond donors (Lipinski definition) is 0. The molecule has 1 aromatic carbocycles. The third-order valence-corrected chi connectivity index (χ3v) is 2.07. The minimum Gasteiger partial charge on any atom is -0.294 e. The van der Waals surface area contributed by atoms with E-state index in [0.29, 0.717) is 12.5 Å². The first-order valence-electron chi connectivity index (χ1n) is 4.76. The Morgan fingerprint density at radius 2 is 1.94 bits per heavy atom. The van der Waals surface area contributed by atoms with Crippen molar-refractivity contribution < 1.29 is 22.4 Å². The molecule has 5 heteroatoms. The molecular formula is C11H10F4O. The van der Waals surface area contributed by atoms with Gasteiger partial charge in [0.1, 0.15) is 11.4 Å². The summed E-state index contributed by atoms with van der Waals surface area (Å²) in [5.74, 6) is -2.09. The van der Waals surface area contributed by atoms with E-state index in [-0.39, 0.29) is 6.42 Å². The van der Waals surface area contributed by atoms with Gasteiger partial charge in [-0.15, -0.1) is 0 Å². The van der Waals surface area contributed by atoms with Crippen molar-refractivity contribution in [2.45, 2.75) is 25.9 Å². The molecule has 0 saturated heterocycles. The van der Waals surface area contributed by atoms with Crippen LogP contribution in [0.3, 0.4) is 0 Å². The van der Waals surface area contributed by atoms with Crippen molar-refractivity contribution in [3.05, 3.63) is 35.1 Å². The molecule has 0 aliphatic heterocycles. The largest absolute Gasteiger partial charge is 0.419 e. The number of carbonyl (C=O) groups excluding carboxylic acids is 1. The molecule has 0 N–H and O–H groups in total. The van der Waals surface area contributed by atoms with Crippen molar-refractivity contribution in [2.24, 2.45) is 0 Å². The van der Waals surface area contributed by atoms with Crippen LogP contribution in [-0.2, 0) is 6.18 Å². The molecule has 1 aromatic rings. The van der Waals surface area contributed by atoms with E-state index in [4.69, 9.17) is 0 Å². The van der Waals surface area contributed by atoms with Gasteiger partial charge in [0.15, 0.2) is 5.78 Å². The second-order valence-electron chi connectivity index (χ2n) is 3.33. The average Bonchev–Trinajstić information content (AvgIpc) is 2.15. The Bertz CT molecular complexity index is 395. The first-order valence-corrected chi connectivity index (χ1v) is 4.76. The highest BCUT2D eigenvalue weighted by Gasteiger charge is 2.38. The van der Waals surface area contributed by atoms with Crippen molar-refractivity contribution in [3.8, 4) is 0 Å². The number of alkyl halides is 3. The van der Waals surface area contributed by atoms with Crippen LogP contribution in [0.5, 0.6) is 0 Å². The summed E-state index contributed by atoms with van der Waals surface area (Å²) in [6.07, 6.45) is -4.44. The van der Waals surface area contributed by atoms with E-state index in [1.165, 1.54) is 0 Å². The molecule has 0 aromatic heterocycles. The zero-order valence-corrected chi connectivity index (χ0v) is 8.57. The maximum absolute atomic E-state index is 13.1. The zero-order valence-electron chi connectivity index (χ0n) is 8.57. The fourth-order valence-electron chi connectivity index (χ4n) is 1.41. The third kappa shape index (κ3) is 2.59. The van der Waals surface area contributed by atoms with Gasteiger partial charge in [0.05, 0.1) is 0 Å². The van der Waals surface area contributed by atoms with Crippen molar-refractivity contribution in [2.75, 3.05) is 0 Å². The SMILES string of the molecule is CCCC(=O)c1cccc(F)c1C(F)(F)F. The minimum atomic E-state index is -4.84. The van der Waals surface area contributed by atoms with E-state index in [0.717, 1.165) is 12.1 Å². The van der Waals surface area contributed by atoms with E-state index in [9.17, 15) is 22.4 Å². The van der Waals surface area contributed by atoms with Gasteiger partial charge in [0.25, 0.3) is 0 Å². The smallest absolute Gasteiger partial charge is 0.294 e. The van der Waals surface area contributed by atoms with Gasteiger partial charge in [-0.3, -0.25) is 4.79 Å². The molecule has 0 heterocycles. The topological polar surface area (TPSA) is 17.1 Å². The maximum atomic E-state index is 13.1. The molecule has 1 rings (SSSR count). The van der Waals surface area contributed by atoms with Crippen molar-refractivity contribution in [3.63, 3.8) is 0 Å². The monoisotopic (exact) mass is 234 g/mol. The summed E-state index contributed by atoms with van der Waals surface area (Å²) < 4.78 is 50.6. The highest BCUT2D eigenvalue weighted by Crippen LogP contribution is 2.34. The number of carbonyl (C=O) groups is 1. The highest BCUT2D eigenvalue weighted by molar-refractivity contribution is 5.97. The fraction of sp³-hybridized carbons (Fsp3) is 0.364. The number of benzene rings is 1. The quantitative estimate of drug-likeness (QED) is 0.573. The van der Waals surface area contributed by atoms with Crippen LogP contribution < -0.4 is 0 Å². The Labute approximate surface area is 90.1 Å². The minimum absolute atomic E-state index is 0.0213. The van der Waals surface area contributed by atoms with Crippen molar-refractivity contribution >= 4 is 5.78 Å². The Hall–Kier alpha value is -1.39. The second kappa shape index (κ2) is 4.63. The summed E-state index contributed by atoms with van der Waals surface area (Å²) >= 11 is 0. The lowest BCUT2D eigenvalue weighted by molar-refractivity contribution is -0.140. The molecule has 0 fully saturated rings.